The van der Waals surface area contributed by atoms with Crippen molar-refractivity contribution in [1.82, 2.24) is 9.78 Å². The van der Waals surface area contributed by atoms with Crippen LogP contribution < -0.4 is 0 Å². The molecule has 3 aromatic rings. The second kappa shape index (κ2) is 5.91. The molecule has 0 bridgehead atoms. The van der Waals surface area contributed by atoms with Crippen LogP contribution in [0.4, 0.5) is 13.2 Å². The van der Waals surface area contributed by atoms with Gasteiger partial charge in [0.05, 0.1) is 17.8 Å². The Balaban J connectivity index is 1.94. The number of hydrogen-bond acceptors (Lipinski definition) is 1. The number of aromatic nitrogens is 2. The first-order valence-electron chi connectivity index (χ1n) is 7.19. The lowest BCUT2D eigenvalue weighted by molar-refractivity contribution is -0.127. The summed E-state index contributed by atoms with van der Waals surface area (Å²) in [6, 6.07) is 16.0. The van der Waals surface area contributed by atoms with Crippen LogP contribution in [0.3, 0.4) is 0 Å². The highest BCUT2D eigenvalue weighted by molar-refractivity contribution is 5.66. The molecule has 0 unspecified atom stereocenters. The summed E-state index contributed by atoms with van der Waals surface area (Å²) in [7, 11) is 0. The van der Waals surface area contributed by atoms with Gasteiger partial charge in [0.25, 0.3) is 0 Å². The number of nitrogens with zero attached hydrogens (tertiary/aromatic N) is 2. The molecule has 1 heterocycles. The molecule has 2 aromatic carbocycles. The van der Waals surface area contributed by atoms with E-state index in [0.717, 1.165) is 22.5 Å². The third kappa shape index (κ3) is 3.80. The summed E-state index contributed by atoms with van der Waals surface area (Å²) in [5, 5.41) is 4.35. The molecule has 0 saturated carbocycles. The molecule has 2 nitrogen and oxygen atoms in total. The molecular weight excluding hydrogens is 301 g/mol. The summed E-state index contributed by atoms with van der Waals surface area (Å²) < 4.78 is 39.4. The largest absolute Gasteiger partial charge is 0.393 e. The van der Waals surface area contributed by atoms with E-state index in [-0.39, 0.29) is 5.56 Å². The second-order valence-corrected chi connectivity index (χ2v) is 5.44. The van der Waals surface area contributed by atoms with E-state index < -0.39 is 12.6 Å². The van der Waals surface area contributed by atoms with E-state index in [2.05, 4.69) is 5.10 Å². The van der Waals surface area contributed by atoms with Gasteiger partial charge >= 0.3 is 6.18 Å². The second-order valence-electron chi connectivity index (χ2n) is 5.44. The van der Waals surface area contributed by atoms with Crippen LogP contribution in [0.2, 0.25) is 0 Å². The maximum atomic E-state index is 12.6. The van der Waals surface area contributed by atoms with Crippen LogP contribution in [0, 0.1) is 6.92 Å². The first-order chi connectivity index (χ1) is 10.9. The number of benzene rings is 2. The van der Waals surface area contributed by atoms with Crippen molar-refractivity contribution < 1.29 is 13.2 Å². The lowest BCUT2D eigenvalue weighted by Crippen LogP contribution is -2.11. The van der Waals surface area contributed by atoms with Gasteiger partial charge in [0, 0.05) is 6.20 Å². The van der Waals surface area contributed by atoms with E-state index >= 15 is 0 Å². The lowest BCUT2D eigenvalue weighted by atomic mass is 10.0. The maximum absolute atomic E-state index is 12.6. The van der Waals surface area contributed by atoms with Crippen LogP contribution >= 0.6 is 0 Å². The molecule has 0 radical (unpaired) electrons. The molecule has 0 fully saturated rings. The van der Waals surface area contributed by atoms with Gasteiger partial charge in [0.15, 0.2) is 0 Å². The fourth-order valence-electron chi connectivity index (χ4n) is 2.48. The minimum Gasteiger partial charge on any atom is -0.241 e. The first-order valence-corrected chi connectivity index (χ1v) is 7.19. The van der Waals surface area contributed by atoms with Crippen LogP contribution in [0.15, 0.2) is 60.8 Å². The normalized spacial score (nSPS) is 11.7. The quantitative estimate of drug-likeness (QED) is 0.668. The molecule has 3 rings (SSSR count). The Morgan fingerprint density at radius 3 is 2.30 bits per heavy atom. The third-order valence-electron chi connectivity index (χ3n) is 3.50. The van der Waals surface area contributed by atoms with E-state index in [4.69, 9.17) is 0 Å². The fourth-order valence-corrected chi connectivity index (χ4v) is 2.48. The predicted octanol–water partition coefficient (Wildman–Crippen LogP) is 4.95. The summed E-state index contributed by atoms with van der Waals surface area (Å²) in [5.41, 5.74) is 3.66. The monoisotopic (exact) mass is 316 g/mol. The zero-order chi connectivity index (χ0) is 16.4. The molecule has 0 spiro atoms. The lowest BCUT2D eigenvalue weighted by Gasteiger charge is -2.09. The highest BCUT2D eigenvalue weighted by Gasteiger charge is 2.27. The summed E-state index contributed by atoms with van der Waals surface area (Å²) in [4.78, 5) is 0. The van der Waals surface area contributed by atoms with Gasteiger partial charge < -0.3 is 0 Å². The maximum Gasteiger partial charge on any atom is 0.393 e. The minimum absolute atomic E-state index is 0.260. The number of alkyl halides is 3. The van der Waals surface area contributed by atoms with Gasteiger partial charge in [-0.2, -0.15) is 18.3 Å². The molecule has 0 saturated heterocycles. The Bertz CT molecular complexity index is 819. The molecular formula is C18H15F3N2. The van der Waals surface area contributed by atoms with Crippen molar-refractivity contribution in [1.29, 1.82) is 0 Å². The van der Waals surface area contributed by atoms with Gasteiger partial charge in [-0.1, -0.05) is 36.4 Å². The van der Waals surface area contributed by atoms with Crippen LogP contribution in [0.5, 0.6) is 0 Å². The van der Waals surface area contributed by atoms with E-state index in [1.54, 1.807) is 16.8 Å². The van der Waals surface area contributed by atoms with Gasteiger partial charge in [-0.25, -0.2) is 4.68 Å². The summed E-state index contributed by atoms with van der Waals surface area (Å²) in [6.45, 7) is 1.90. The molecule has 0 amide bonds. The Morgan fingerprint density at radius 1 is 0.957 bits per heavy atom. The highest BCUT2D eigenvalue weighted by atomic mass is 19.4. The highest BCUT2D eigenvalue weighted by Crippen LogP contribution is 2.26. The van der Waals surface area contributed by atoms with Crippen molar-refractivity contribution >= 4 is 0 Å². The summed E-state index contributed by atoms with van der Waals surface area (Å²) in [5.74, 6) is 0. The first kappa shape index (κ1) is 15.3. The number of halogens is 3. The van der Waals surface area contributed by atoms with E-state index in [1.807, 2.05) is 49.5 Å². The van der Waals surface area contributed by atoms with Crippen LogP contribution in [-0.4, -0.2) is 16.0 Å². The van der Waals surface area contributed by atoms with Gasteiger partial charge in [-0.3, -0.25) is 0 Å². The minimum atomic E-state index is -4.20. The Hall–Kier alpha value is -2.56. The molecule has 0 atom stereocenters. The number of hydrogen-bond donors (Lipinski definition) is 0. The predicted molar refractivity (Wildman–Crippen MR) is 83.5 cm³/mol. The van der Waals surface area contributed by atoms with Crippen LogP contribution in [0.25, 0.3) is 16.8 Å². The van der Waals surface area contributed by atoms with Gasteiger partial charge in [-0.15, -0.1) is 0 Å². The van der Waals surface area contributed by atoms with Crippen molar-refractivity contribution in [2.75, 3.05) is 0 Å². The van der Waals surface area contributed by atoms with Gasteiger partial charge in [0.2, 0.25) is 0 Å². The SMILES string of the molecule is Cc1ccn(-c2cccc(-c3cccc(CC(F)(F)F)c3)c2)n1. The Labute approximate surface area is 132 Å². The Morgan fingerprint density at radius 2 is 1.65 bits per heavy atom. The van der Waals surface area contributed by atoms with E-state index in [9.17, 15) is 13.2 Å². The van der Waals surface area contributed by atoms with E-state index in [1.165, 1.54) is 6.07 Å². The molecule has 118 valence electrons. The van der Waals surface area contributed by atoms with Crippen molar-refractivity contribution in [3.63, 3.8) is 0 Å². The Kier molecular flexibility index (Phi) is 3.94. The van der Waals surface area contributed by atoms with Crippen LogP contribution in [0.1, 0.15) is 11.3 Å². The standard InChI is InChI=1S/C18H15F3N2/c1-13-8-9-23(22-13)17-7-3-6-16(11-17)15-5-2-4-14(10-15)12-18(19,20)21/h2-11H,12H2,1H3. The van der Waals surface area contributed by atoms with Gasteiger partial charge in [0.1, 0.15) is 0 Å². The molecule has 0 aliphatic carbocycles. The van der Waals surface area contributed by atoms with Crippen LogP contribution in [-0.2, 0) is 6.42 Å². The fraction of sp³-hybridized carbons (Fsp3) is 0.167. The average Bonchev–Trinajstić information content (AvgIpc) is 2.93. The van der Waals surface area contributed by atoms with Crippen molar-refractivity contribution in [2.45, 2.75) is 19.5 Å². The topological polar surface area (TPSA) is 17.8 Å². The molecule has 0 aliphatic rings. The third-order valence-corrected chi connectivity index (χ3v) is 3.50. The smallest absolute Gasteiger partial charge is 0.241 e. The van der Waals surface area contributed by atoms with Crippen molar-refractivity contribution in [3.8, 4) is 16.8 Å². The zero-order valence-corrected chi connectivity index (χ0v) is 12.5. The molecule has 5 heteroatoms. The average molecular weight is 316 g/mol. The zero-order valence-electron chi connectivity index (χ0n) is 12.5. The molecule has 0 N–H and O–H groups in total. The van der Waals surface area contributed by atoms with Crippen molar-refractivity contribution in [3.05, 3.63) is 72.1 Å². The number of rotatable bonds is 3. The summed E-state index contributed by atoms with van der Waals surface area (Å²) >= 11 is 0. The van der Waals surface area contributed by atoms with Gasteiger partial charge in [-0.05, 0) is 41.8 Å². The van der Waals surface area contributed by atoms with Crippen molar-refractivity contribution in [2.24, 2.45) is 0 Å². The van der Waals surface area contributed by atoms with E-state index in [0.29, 0.717) is 0 Å². The molecule has 0 aliphatic heterocycles. The summed E-state index contributed by atoms with van der Waals surface area (Å²) in [6.07, 6.45) is -3.26. The number of aryl methyl sites for hydroxylation is 1. The molecule has 1 aromatic heterocycles. The molecule has 23 heavy (non-hydrogen) atoms.